The van der Waals surface area contributed by atoms with E-state index in [0.717, 1.165) is 24.0 Å². The van der Waals surface area contributed by atoms with Crippen LogP contribution in [0.2, 0.25) is 0 Å². The van der Waals surface area contributed by atoms with Gasteiger partial charge in [-0.05, 0) is 62.6 Å². The molecule has 210 valence electrons. The Morgan fingerprint density at radius 2 is 1.77 bits per heavy atom. The number of fused-ring (bicyclic) bond motifs is 1. The number of benzene rings is 2. The highest BCUT2D eigenvalue weighted by Crippen LogP contribution is 2.33. The van der Waals surface area contributed by atoms with Crippen molar-refractivity contribution in [3.05, 3.63) is 65.5 Å². The number of hydrogen-bond donors (Lipinski definition) is 3. The summed E-state index contributed by atoms with van der Waals surface area (Å²) < 4.78 is 20.2. The first-order valence-corrected chi connectivity index (χ1v) is 13.8. The molecule has 3 N–H and O–H groups in total. The lowest BCUT2D eigenvalue weighted by molar-refractivity contribution is -0.141. The van der Waals surface area contributed by atoms with Crippen LogP contribution in [0.5, 0.6) is 5.75 Å². The standard InChI is InChI=1S/C30H39FN4O4/c1-19-18-33-27(23-11-12-23)30(38)35(3)20(2)28(36)34-25(16-21-8-5-4-6-9-21)29(37)32-15-7-10-22-13-14-24(31)17-26(22)39-19/h4-6,8-9,13-14,17,19-20,23,25,27,33H,7,10-12,15-16,18H2,1-3H3,(H,32,37)(H,34,36)/t19-,20-,25-,27+/m1/s1. The zero-order chi connectivity index (χ0) is 27.9. The zero-order valence-electron chi connectivity index (χ0n) is 22.9. The lowest BCUT2D eigenvalue weighted by Gasteiger charge is -2.31. The van der Waals surface area contributed by atoms with Crippen LogP contribution < -0.4 is 20.7 Å². The van der Waals surface area contributed by atoms with Crippen molar-refractivity contribution in [1.82, 2.24) is 20.9 Å². The Hall–Kier alpha value is -3.46. The van der Waals surface area contributed by atoms with Gasteiger partial charge in [0.2, 0.25) is 17.7 Å². The van der Waals surface area contributed by atoms with Crippen molar-refractivity contribution in [3.63, 3.8) is 0 Å². The molecule has 0 radical (unpaired) electrons. The van der Waals surface area contributed by atoms with Gasteiger partial charge < -0.3 is 25.6 Å². The highest BCUT2D eigenvalue weighted by molar-refractivity contribution is 5.93. The predicted octanol–water partition coefficient (Wildman–Crippen LogP) is 2.60. The summed E-state index contributed by atoms with van der Waals surface area (Å²) in [5, 5.41) is 9.16. The number of hydrogen-bond acceptors (Lipinski definition) is 5. The van der Waals surface area contributed by atoms with Crippen LogP contribution in [0.1, 0.15) is 44.2 Å². The molecule has 8 nitrogen and oxygen atoms in total. The van der Waals surface area contributed by atoms with E-state index in [-0.39, 0.29) is 35.6 Å². The minimum absolute atomic E-state index is 0.177. The van der Waals surface area contributed by atoms with Crippen LogP contribution in [0.15, 0.2) is 48.5 Å². The Labute approximate surface area is 229 Å². The van der Waals surface area contributed by atoms with Crippen LogP contribution in [-0.4, -0.2) is 67.0 Å². The van der Waals surface area contributed by atoms with Crippen molar-refractivity contribution in [2.24, 2.45) is 5.92 Å². The summed E-state index contributed by atoms with van der Waals surface area (Å²) in [6.45, 7) is 4.32. The summed E-state index contributed by atoms with van der Waals surface area (Å²) in [7, 11) is 1.62. The molecule has 0 saturated heterocycles. The highest BCUT2D eigenvalue weighted by atomic mass is 19.1. The number of likely N-dealkylation sites (N-methyl/N-ethyl adjacent to an activating group) is 1. The quantitative estimate of drug-likeness (QED) is 0.558. The SMILES string of the molecule is C[C@@H]1CN[C@@H](C2CC2)C(=O)N(C)[C@H](C)C(=O)N[C@H](Cc2ccccc2)C(=O)NCCCc2ccc(F)cc2O1. The summed E-state index contributed by atoms with van der Waals surface area (Å²) in [5.41, 5.74) is 1.76. The molecule has 4 rings (SSSR count). The summed E-state index contributed by atoms with van der Waals surface area (Å²) in [6.07, 6.45) is 3.06. The smallest absolute Gasteiger partial charge is 0.243 e. The van der Waals surface area contributed by atoms with Crippen molar-refractivity contribution in [3.8, 4) is 5.75 Å². The number of carbonyl (C=O) groups is 3. The van der Waals surface area contributed by atoms with E-state index in [9.17, 15) is 18.8 Å². The maximum absolute atomic E-state index is 14.1. The van der Waals surface area contributed by atoms with Gasteiger partial charge in [-0.3, -0.25) is 14.4 Å². The fraction of sp³-hybridized carbons (Fsp3) is 0.500. The van der Waals surface area contributed by atoms with E-state index in [0.29, 0.717) is 38.1 Å². The number of nitrogens with one attached hydrogen (secondary N) is 3. The third-order valence-electron chi connectivity index (χ3n) is 7.49. The molecule has 3 amide bonds. The molecule has 2 aromatic carbocycles. The van der Waals surface area contributed by atoms with E-state index < -0.39 is 18.1 Å². The fourth-order valence-electron chi connectivity index (χ4n) is 4.83. The van der Waals surface area contributed by atoms with Crippen molar-refractivity contribution in [2.45, 2.75) is 70.2 Å². The molecule has 4 atom stereocenters. The van der Waals surface area contributed by atoms with Crippen molar-refractivity contribution in [2.75, 3.05) is 20.1 Å². The lowest BCUT2D eigenvalue weighted by Crippen LogP contribution is -2.57. The normalized spacial score (nSPS) is 25.9. The van der Waals surface area contributed by atoms with Crippen LogP contribution in [0, 0.1) is 11.7 Å². The Morgan fingerprint density at radius 1 is 1.03 bits per heavy atom. The minimum atomic E-state index is -0.798. The predicted molar refractivity (Wildman–Crippen MR) is 147 cm³/mol. The molecular formula is C30H39FN4O4. The van der Waals surface area contributed by atoms with Gasteiger partial charge in [0.25, 0.3) is 0 Å². The number of aryl methyl sites for hydroxylation is 1. The maximum atomic E-state index is 14.1. The molecule has 9 heteroatoms. The summed E-state index contributed by atoms with van der Waals surface area (Å²) >= 11 is 0. The highest BCUT2D eigenvalue weighted by Gasteiger charge is 2.39. The third kappa shape index (κ3) is 7.79. The van der Waals surface area contributed by atoms with Gasteiger partial charge in [-0.15, -0.1) is 0 Å². The molecular weight excluding hydrogens is 499 g/mol. The van der Waals surface area contributed by atoms with E-state index >= 15 is 0 Å². The molecule has 0 spiro atoms. The first-order valence-electron chi connectivity index (χ1n) is 13.8. The van der Waals surface area contributed by atoms with E-state index in [1.807, 2.05) is 37.3 Å². The van der Waals surface area contributed by atoms with Crippen LogP contribution in [0.25, 0.3) is 0 Å². The van der Waals surface area contributed by atoms with Crippen LogP contribution in [0.3, 0.4) is 0 Å². The molecule has 0 unspecified atom stereocenters. The second-order valence-corrected chi connectivity index (χ2v) is 10.7. The Balaban J connectivity index is 1.57. The lowest BCUT2D eigenvalue weighted by atomic mass is 10.0. The number of ether oxygens (including phenoxy) is 1. The third-order valence-corrected chi connectivity index (χ3v) is 7.49. The second kappa shape index (κ2) is 13.1. The molecule has 0 bridgehead atoms. The fourth-order valence-corrected chi connectivity index (χ4v) is 4.83. The molecule has 1 heterocycles. The topological polar surface area (TPSA) is 99.8 Å². The molecule has 2 aliphatic rings. The van der Waals surface area contributed by atoms with Gasteiger partial charge in [-0.1, -0.05) is 36.4 Å². The number of amides is 3. The van der Waals surface area contributed by atoms with Crippen molar-refractivity contribution >= 4 is 17.7 Å². The van der Waals surface area contributed by atoms with E-state index in [1.54, 1.807) is 20.0 Å². The Kier molecular flexibility index (Phi) is 9.56. The summed E-state index contributed by atoms with van der Waals surface area (Å²) in [6, 6.07) is 12.0. The van der Waals surface area contributed by atoms with Gasteiger partial charge in [0.15, 0.2) is 0 Å². The van der Waals surface area contributed by atoms with E-state index in [1.165, 1.54) is 17.0 Å². The molecule has 0 aromatic heterocycles. The summed E-state index contributed by atoms with van der Waals surface area (Å²) in [4.78, 5) is 41.4. The minimum Gasteiger partial charge on any atom is -0.489 e. The van der Waals surface area contributed by atoms with Crippen molar-refractivity contribution in [1.29, 1.82) is 0 Å². The molecule has 1 aliphatic heterocycles. The molecule has 1 saturated carbocycles. The maximum Gasteiger partial charge on any atom is 0.243 e. The number of halogens is 1. The van der Waals surface area contributed by atoms with Crippen LogP contribution >= 0.6 is 0 Å². The second-order valence-electron chi connectivity index (χ2n) is 10.7. The Bertz CT molecular complexity index is 1160. The van der Waals surface area contributed by atoms with E-state index in [4.69, 9.17) is 4.74 Å². The first kappa shape index (κ1) is 28.5. The van der Waals surface area contributed by atoms with Gasteiger partial charge in [0.05, 0.1) is 6.04 Å². The molecule has 1 fully saturated rings. The van der Waals surface area contributed by atoms with Crippen LogP contribution in [0.4, 0.5) is 4.39 Å². The summed E-state index contributed by atoms with van der Waals surface area (Å²) in [5.74, 6) is -0.587. The number of rotatable bonds is 3. The monoisotopic (exact) mass is 538 g/mol. The van der Waals surface area contributed by atoms with Gasteiger partial charge >= 0.3 is 0 Å². The number of nitrogens with zero attached hydrogens (tertiary/aromatic N) is 1. The Morgan fingerprint density at radius 3 is 2.49 bits per heavy atom. The largest absolute Gasteiger partial charge is 0.489 e. The van der Waals surface area contributed by atoms with Crippen LogP contribution in [-0.2, 0) is 27.2 Å². The zero-order valence-corrected chi connectivity index (χ0v) is 22.9. The van der Waals surface area contributed by atoms with Gasteiger partial charge in [0, 0.05) is 32.6 Å². The molecule has 2 aromatic rings. The van der Waals surface area contributed by atoms with Gasteiger partial charge in [-0.25, -0.2) is 4.39 Å². The first-order chi connectivity index (χ1) is 18.7. The number of carbonyl (C=O) groups excluding carboxylic acids is 3. The molecule has 39 heavy (non-hydrogen) atoms. The van der Waals surface area contributed by atoms with Gasteiger partial charge in [-0.2, -0.15) is 0 Å². The van der Waals surface area contributed by atoms with Crippen molar-refractivity contribution < 1.29 is 23.5 Å². The average Bonchev–Trinajstić information content (AvgIpc) is 3.76. The average molecular weight is 539 g/mol. The van der Waals surface area contributed by atoms with Gasteiger partial charge in [0.1, 0.15) is 29.8 Å². The van der Waals surface area contributed by atoms with E-state index in [2.05, 4.69) is 16.0 Å². The molecule has 1 aliphatic carbocycles.